The average Bonchev–Trinajstić information content (AvgIpc) is 2.79. The minimum Gasteiger partial charge on any atom is -0.397 e. The van der Waals surface area contributed by atoms with E-state index in [9.17, 15) is 0 Å². The van der Waals surface area contributed by atoms with Crippen molar-refractivity contribution in [3.63, 3.8) is 0 Å². The molecule has 2 N–H and O–H groups in total. The summed E-state index contributed by atoms with van der Waals surface area (Å²) in [5.74, 6) is 0. The molecule has 0 unspecified atom stereocenters. The Balaban J connectivity index is 1.95. The van der Waals surface area contributed by atoms with Gasteiger partial charge in [-0.3, -0.25) is 0 Å². The fourth-order valence-electron chi connectivity index (χ4n) is 2.39. The number of nitrogens with two attached hydrogens (primary N) is 1. The van der Waals surface area contributed by atoms with E-state index in [0.29, 0.717) is 0 Å². The molecule has 0 fully saturated rings. The van der Waals surface area contributed by atoms with Crippen molar-refractivity contribution >= 4 is 48.9 Å². The molecule has 0 atom stereocenters. The second kappa shape index (κ2) is 5.66. The van der Waals surface area contributed by atoms with Crippen molar-refractivity contribution in [3.05, 3.63) is 51.4 Å². The first-order valence-corrected chi connectivity index (χ1v) is 8.27. The fraction of sp³-hybridized carbons (Fsp3) is 0.188. The lowest BCUT2D eigenvalue weighted by molar-refractivity contribution is 0.921. The van der Waals surface area contributed by atoms with Gasteiger partial charge in [0.2, 0.25) is 0 Å². The Hall–Kier alpha value is -1.59. The number of rotatable bonds is 3. The lowest BCUT2D eigenvalue weighted by Gasteiger charge is -2.22. The number of hydrogen-bond donors (Lipinski definition) is 1. The number of hydrogen-bond acceptors (Lipinski definition) is 4. The van der Waals surface area contributed by atoms with Crippen LogP contribution in [0.4, 0.5) is 11.4 Å². The normalized spacial score (nSPS) is 11.0. The Bertz CT molecular complexity index is 797. The van der Waals surface area contributed by atoms with E-state index in [1.54, 1.807) is 11.3 Å². The lowest BCUT2D eigenvalue weighted by Crippen LogP contribution is -2.18. The zero-order chi connectivity index (χ0) is 15.0. The molecule has 0 aliphatic heterocycles. The van der Waals surface area contributed by atoms with Crippen LogP contribution in [-0.4, -0.2) is 12.0 Å². The minimum absolute atomic E-state index is 0.792. The predicted octanol–water partition coefficient (Wildman–Crippen LogP) is 4.59. The molecule has 1 heterocycles. The Labute approximate surface area is 136 Å². The summed E-state index contributed by atoms with van der Waals surface area (Å²) < 4.78 is 2.25. The summed E-state index contributed by atoms with van der Waals surface area (Å²) in [7, 11) is 2.05. The lowest BCUT2D eigenvalue weighted by atomic mass is 10.2. The number of halogens is 1. The van der Waals surface area contributed by atoms with Gasteiger partial charge in [0, 0.05) is 18.1 Å². The summed E-state index contributed by atoms with van der Waals surface area (Å²) in [6, 6.07) is 12.3. The summed E-state index contributed by atoms with van der Waals surface area (Å²) in [5, 5.41) is 1.06. The molecular weight excluding hydrogens is 346 g/mol. The van der Waals surface area contributed by atoms with Crippen LogP contribution in [0.2, 0.25) is 0 Å². The summed E-state index contributed by atoms with van der Waals surface area (Å²) in [5.41, 5.74) is 10.3. The highest BCUT2D eigenvalue weighted by atomic mass is 79.9. The van der Waals surface area contributed by atoms with Crippen molar-refractivity contribution in [2.45, 2.75) is 13.5 Å². The second-order valence-corrected chi connectivity index (χ2v) is 7.15. The molecule has 0 bridgehead atoms. The minimum atomic E-state index is 0.792. The second-order valence-electron chi connectivity index (χ2n) is 5.06. The number of thiazole rings is 1. The Morgan fingerprint density at radius 1 is 1.29 bits per heavy atom. The van der Waals surface area contributed by atoms with Crippen molar-refractivity contribution in [2.24, 2.45) is 0 Å². The SMILES string of the molecule is Cc1nc2cc(N(C)Cc3ccccc3Br)c(N)cc2s1. The van der Waals surface area contributed by atoms with Crippen LogP contribution in [0.25, 0.3) is 10.2 Å². The maximum atomic E-state index is 6.21. The van der Waals surface area contributed by atoms with Gasteiger partial charge in [0.05, 0.1) is 26.6 Å². The number of anilines is 2. The van der Waals surface area contributed by atoms with Crippen molar-refractivity contribution in [1.29, 1.82) is 0 Å². The molecule has 0 saturated carbocycles. The molecule has 0 aliphatic rings. The van der Waals surface area contributed by atoms with Crippen LogP contribution in [-0.2, 0) is 6.54 Å². The zero-order valence-electron chi connectivity index (χ0n) is 11.9. The van der Waals surface area contributed by atoms with Crippen LogP contribution in [0.15, 0.2) is 40.9 Å². The van der Waals surface area contributed by atoms with E-state index in [0.717, 1.165) is 37.6 Å². The first-order chi connectivity index (χ1) is 10.0. The van der Waals surface area contributed by atoms with E-state index in [1.165, 1.54) is 5.56 Å². The van der Waals surface area contributed by atoms with Gasteiger partial charge in [-0.2, -0.15) is 0 Å². The topological polar surface area (TPSA) is 42.2 Å². The molecule has 0 radical (unpaired) electrons. The maximum absolute atomic E-state index is 6.21. The van der Waals surface area contributed by atoms with Crippen LogP contribution in [0.5, 0.6) is 0 Å². The van der Waals surface area contributed by atoms with Crippen LogP contribution in [0, 0.1) is 6.92 Å². The number of nitrogens with zero attached hydrogens (tertiary/aromatic N) is 2. The van der Waals surface area contributed by atoms with Crippen LogP contribution in [0.1, 0.15) is 10.6 Å². The zero-order valence-corrected chi connectivity index (χ0v) is 14.3. The van der Waals surface area contributed by atoms with Gasteiger partial charge in [-0.05, 0) is 30.7 Å². The largest absolute Gasteiger partial charge is 0.397 e. The van der Waals surface area contributed by atoms with E-state index in [1.807, 2.05) is 25.1 Å². The quantitative estimate of drug-likeness (QED) is 0.693. The van der Waals surface area contributed by atoms with Gasteiger partial charge in [-0.1, -0.05) is 34.1 Å². The molecule has 0 aliphatic carbocycles. The first-order valence-electron chi connectivity index (χ1n) is 6.66. The molecule has 21 heavy (non-hydrogen) atoms. The predicted molar refractivity (Wildman–Crippen MR) is 95.0 cm³/mol. The van der Waals surface area contributed by atoms with Crippen LogP contribution >= 0.6 is 27.3 Å². The van der Waals surface area contributed by atoms with Crippen molar-refractivity contribution in [1.82, 2.24) is 4.98 Å². The number of fused-ring (bicyclic) bond motifs is 1. The molecule has 5 heteroatoms. The third kappa shape index (κ3) is 2.89. The van der Waals surface area contributed by atoms with Crippen LogP contribution in [0.3, 0.4) is 0 Å². The van der Waals surface area contributed by atoms with Gasteiger partial charge in [0.15, 0.2) is 0 Å². The number of aromatic nitrogens is 1. The molecule has 108 valence electrons. The maximum Gasteiger partial charge on any atom is 0.0907 e. The molecule has 1 aromatic heterocycles. The molecule has 2 aromatic carbocycles. The van der Waals surface area contributed by atoms with Gasteiger partial charge >= 0.3 is 0 Å². The highest BCUT2D eigenvalue weighted by Crippen LogP contribution is 2.32. The van der Waals surface area contributed by atoms with E-state index < -0.39 is 0 Å². The Kier molecular flexibility index (Phi) is 3.87. The van der Waals surface area contributed by atoms with Gasteiger partial charge in [-0.15, -0.1) is 11.3 Å². The summed E-state index contributed by atoms with van der Waals surface area (Å²) in [6.07, 6.45) is 0. The van der Waals surface area contributed by atoms with E-state index in [4.69, 9.17) is 5.73 Å². The van der Waals surface area contributed by atoms with Gasteiger partial charge in [0.1, 0.15) is 0 Å². The number of benzene rings is 2. The van der Waals surface area contributed by atoms with Gasteiger partial charge in [-0.25, -0.2) is 4.98 Å². The average molecular weight is 362 g/mol. The number of nitrogen functional groups attached to an aromatic ring is 1. The molecule has 3 rings (SSSR count). The van der Waals surface area contributed by atoms with Crippen molar-refractivity contribution in [3.8, 4) is 0 Å². The monoisotopic (exact) mass is 361 g/mol. The standard InChI is InChI=1S/C16H16BrN3S/c1-10-19-14-8-15(13(18)7-16(14)21-10)20(2)9-11-5-3-4-6-12(11)17/h3-8H,9,18H2,1-2H3. The molecule has 0 amide bonds. The highest BCUT2D eigenvalue weighted by Gasteiger charge is 2.11. The van der Waals surface area contributed by atoms with Gasteiger partial charge < -0.3 is 10.6 Å². The Morgan fingerprint density at radius 3 is 2.81 bits per heavy atom. The van der Waals surface area contributed by atoms with E-state index >= 15 is 0 Å². The van der Waals surface area contributed by atoms with E-state index in [2.05, 4.69) is 51.1 Å². The Morgan fingerprint density at radius 2 is 2.05 bits per heavy atom. The highest BCUT2D eigenvalue weighted by molar-refractivity contribution is 9.10. The van der Waals surface area contributed by atoms with E-state index in [-0.39, 0.29) is 0 Å². The molecule has 0 spiro atoms. The summed E-state index contributed by atoms with van der Waals surface area (Å²) >= 11 is 5.27. The van der Waals surface area contributed by atoms with Crippen molar-refractivity contribution in [2.75, 3.05) is 17.7 Å². The summed E-state index contributed by atoms with van der Waals surface area (Å²) in [6.45, 7) is 2.81. The molecular formula is C16H16BrN3S. The fourth-order valence-corrected chi connectivity index (χ4v) is 3.66. The third-order valence-corrected chi connectivity index (χ3v) is 5.13. The molecule has 3 nitrogen and oxygen atoms in total. The van der Waals surface area contributed by atoms with Crippen molar-refractivity contribution < 1.29 is 0 Å². The van der Waals surface area contributed by atoms with Crippen LogP contribution < -0.4 is 10.6 Å². The molecule has 0 saturated heterocycles. The first kappa shape index (κ1) is 14.4. The van der Waals surface area contributed by atoms with Gasteiger partial charge in [0.25, 0.3) is 0 Å². The third-order valence-electron chi connectivity index (χ3n) is 3.42. The number of aryl methyl sites for hydroxylation is 1. The molecule has 3 aromatic rings. The smallest absolute Gasteiger partial charge is 0.0907 e. The summed E-state index contributed by atoms with van der Waals surface area (Å²) in [4.78, 5) is 6.71.